The van der Waals surface area contributed by atoms with E-state index >= 15 is 0 Å². The van der Waals surface area contributed by atoms with Gasteiger partial charge in [-0.15, -0.1) is 0 Å². The summed E-state index contributed by atoms with van der Waals surface area (Å²) in [4.78, 5) is 4.30. The number of benzene rings is 1. The van der Waals surface area contributed by atoms with E-state index in [1.807, 2.05) is 6.92 Å². The van der Waals surface area contributed by atoms with Crippen LogP contribution in [-0.4, -0.2) is 18.5 Å². The number of pyridine rings is 1. The third kappa shape index (κ3) is 3.87. The Morgan fingerprint density at radius 3 is 2.67 bits per heavy atom. The van der Waals surface area contributed by atoms with Gasteiger partial charge in [-0.3, -0.25) is 4.98 Å². The lowest BCUT2D eigenvalue weighted by molar-refractivity contribution is 0.281. The van der Waals surface area contributed by atoms with E-state index in [-0.39, 0.29) is 18.0 Å². The fourth-order valence-electron chi connectivity index (χ4n) is 1.99. The van der Waals surface area contributed by atoms with Crippen LogP contribution in [0.15, 0.2) is 47.5 Å². The molecule has 0 saturated heterocycles. The van der Waals surface area contributed by atoms with Crippen molar-refractivity contribution in [3.8, 4) is 0 Å². The normalized spacial score (nSPS) is 11.5. The van der Waals surface area contributed by atoms with Crippen molar-refractivity contribution >= 4 is 10.0 Å². The minimum absolute atomic E-state index is 0.135. The molecule has 0 spiro atoms. The minimum atomic E-state index is -3.63. The topological polar surface area (TPSA) is 79.3 Å². The van der Waals surface area contributed by atoms with Crippen LogP contribution in [0.4, 0.5) is 0 Å². The molecular weight excluding hydrogens is 288 g/mol. The molecule has 0 atom stereocenters. The number of aromatic nitrogens is 1. The molecule has 6 heteroatoms. The molecule has 0 aliphatic heterocycles. The Morgan fingerprint density at radius 2 is 2.05 bits per heavy atom. The Hall–Kier alpha value is -1.76. The summed E-state index contributed by atoms with van der Waals surface area (Å²) in [7, 11) is -3.63. The summed E-state index contributed by atoms with van der Waals surface area (Å²) in [6.45, 7) is 1.84. The number of sulfonamides is 1. The lowest BCUT2D eigenvalue weighted by atomic mass is 10.1. The van der Waals surface area contributed by atoms with Gasteiger partial charge in [0, 0.05) is 6.20 Å². The van der Waals surface area contributed by atoms with Gasteiger partial charge < -0.3 is 5.11 Å². The minimum Gasteiger partial charge on any atom is -0.392 e. The van der Waals surface area contributed by atoms with Crippen LogP contribution >= 0.6 is 0 Å². The van der Waals surface area contributed by atoms with E-state index in [0.717, 1.165) is 5.56 Å². The molecule has 5 nitrogen and oxygen atoms in total. The summed E-state index contributed by atoms with van der Waals surface area (Å²) in [6.07, 6.45) is 2.22. The fraction of sp³-hybridized carbons (Fsp3) is 0.267. The molecule has 112 valence electrons. The molecule has 1 aromatic carbocycles. The fourth-order valence-corrected chi connectivity index (χ4v) is 3.35. The van der Waals surface area contributed by atoms with Gasteiger partial charge in [-0.25, -0.2) is 13.1 Å². The summed E-state index contributed by atoms with van der Waals surface area (Å²) >= 11 is 0. The number of aliphatic hydroxyl groups excluding tert-OH is 1. The highest BCUT2D eigenvalue weighted by atomic mass is 32.2. The number of nitrogens with zero attached hydrogens (tertiary/aromatic N) is 1. The van der Waals surface area contributed by atoms with Crippen LogP contribution in [-0.2, 0) is 29.6 Å². The van der Waals surface area contributed by atoms with Gasteiger partial charge in [-0.05, 0) is 35.7 Å². The molecule has 2 N–H and O–H groups in total. The predicted octanol–water partition coefficient (Wildman–Crippen LogP) is 1.61. The zero-order valence-electron chi connectivity index (χ0n) is 11.8. The number of rotatable bonds is 6. The van der Waals surface area contributed by atoms with Gasteiger partial charge in [0.15, 0.2) is 0 Å². The summed E-state index contributed by atoms with van der Waals surface area (Å²) < 4.78 is 27.4. The Labute approximate surface area is 124 Å². The van der Waals surface area contributed by atoms with Crippen LogP contribution < -0.4 is 4.72 Å². The molecule has 0 aliphatic carbocycles. The van der Waals surface area contributed by atoms with Crippen molar-refractivity contribution in [3.05, 3.63) is 59.4 Å². The maximum atomic E-state index is 12.4. The van der Waals surface area contributed by atoms with Crippen molar-refractivity contribution in [1.29, 1.82) is 0 Å². The highest BCUT2D eigenvalue weighted by Gasteiger charge is 2.18. The van der Waals surface area contributed by atoms with Crippen molar-refractivity contribution in [2.75, 3.05) is 0 Å². The average molecular weight is 306 g/mol. The van der Waals surface area contributed by atoms with Crippen LogP contribution in [0.3, 0.4) is 0 Å². The van der Waals surface area contributed by atoms with Crippen molar-refractivity contribution < 1.29 is 13.5 Å². The first-order valence-electron chi connectivity index (χ1n) is 6.69. The smallest absolute Gasteiger partial charge is 0.241 e. The summed E-state index contributed by atoms with van der Waals surface area (Å²) in [5.74, 6) is 0. The highest BCUT2D eigenvalue weighted by molar-refractivity contribution is 7.89. The first kappa shape index (κ1) is 15.6. The van der Waals surface area contributed by atoms with Crippen molar-refractivity contribution in [1.82, 2.24) is 9.71 Å². The molecular formula is C15H18N2O3S. The molecule has 0 saturated carbocycles. The standard InChI is InChI=1S/C15H18N2O3S/c1-2-13-7-6-12(11-18)9-15(13)21(19,20)17-10-14-5-3-4-8-16-14/h3-9,17-18H,2,10-11H2,1H3. The maximum absolute atomic E-state index is 12.4. The first-order valence-corrected chi connectivity index (χ1v) is 8.17. The maximum Gasteiger partial charge on any atom is 0.241 e. The Balaban J connectivity index is 2.26. The molecule has 2 aromatic rings. The van der Waals surface area contributed by atoms with E-state index in [1.54, 1.807) is 36.5 Å². The van der Waals surface area contributed by atoms with E-state index in [9.17, 15) is 13.5 Å². The molecule has 0 bridgehead atoms. The van der Waals surface area contributed by atoms with Crippen LogP contribution in [0.2, 0.25) is 0 Å². The van der Waals surface area contributed by atoms with Crippen LogP contribution in [0.1, 0.15) is 23.7 Å². The van der Waals surface area contributed by atoms with Gasteiger partial charge in [0.2, 0.25) is 10.0 Å². The summed E-state index contributed by atoms with van der Waals surface area (Å²) in [5, 5.41) is 9.17. The van der Waals surface area contributed by atoms with Gasteiger partial charge in [0.05, 0.1) is 23.7 Å². The lowest BCUT2D eigenvalue weighted by Gasteiger charge is -2.11. The number of aliphatic hydroxyl groups is 1. The van der Waals surface area contributed by atoms with E-state index in [4.69, 9.17) is 0 Å². The average Bonchev–Trinajstić information content (AvgIpc) is 2.53. The third-order valence-corrected chi connectivity index (χ3v) is 4.64. The van der Waals surface area contributed by atoms with Gasteiger partial charge in [0.25, 0.3) is 0 Å². The number of nitrogens with one attached hydrogen (secondary N) is 1. The van der Waals surface area contributed by atoms with E-state index in [2.05, 4.69) is 9.71 Å². The van der Waals surface area contributed by atoms with Gasteiger partial charge >= 0.3 is 0 Å². The summed E-state index contributed by atoms with van der Waals surface area (Å²) in [6, 6.07) is 10.3. The zero-order chi connectivity index (χ0) is 15.3. The number of hydrogen-bond acceptors (Lipinski definition) is 4. The van der Waals surface area contributed by atoms with Crippen molar-refractivity contribution in [3.63, 3.8) is 0 Å². The zero-order valence-corrected chi connectivity index (χ0v) is 12.6. The van der Waals surface area contributed by atoms with Crippen molar-refractivity contribution in [2.24, 2.45) is 0 Å². The van der Waals surface area contributed by atoms with Gasteiger partial charge in [0.1, 0.15) is 0 Å². The molecule has 2 rings (SSSR count). The molecule has 0 radical (unpaired) electrons. The van der Waals surface area contributed by atoms with Crippen molar-refractivity contribution in [2.45, 2.75) is 31.4 Å². The second kappa shape index (κ2) is 6.80. The molecule has 21 heavy (non-hydrogen) atoms. The lowest BCUT2D eigenvalue weighted by Crippen LogP contribution is -2.25. The van der Waals surface area contributed by atoms with E-state index in [1.165, 1.54) is 6.07 Å². The SMILES string of the molecule is CCc1ccc(CO)cc1S(=O)(=O)NCc1ccccn1. The summed E-state index contributed by atoms with van der Waals surface area (Å²) in [5.41, 5.74) is 1.95. The first-order chi connectivity index (χ1) is 10.1. The predicted molar refractivity (Wildman–Crippen MR) is 80.0 cm³/mol. The molecule has 0 fully saturated rings. The van der Waals surface area contributed by atoms with Gasteiger partial charge in [-0.2, -0.15) is 0 Å². The second-order valence-corrected chi connectivity index (χ2v) is 6.33. The second-order valence-electron chi connectivity index (χ2n) is 4.60. The van der Waals surface area contributed by atoms with Crippen LogP contribution in [0.25, 0.3) is 0 Å². The Morgan fingerprint density at radius 1 is 1.24 bits per heavy atom. The molecule has 0 amide bonds. The van der Waals surface area contributed by atoms with E-state index < -0.39 is 10.0 Å². The highest BCUT2D eigenvalue weighted by Crippen LogP contribution is 2.19. The molecule has 0 aliphatic rings. The number of aryl methyl sites for hydroxylation is 1. The monoisotopic (exact) mass is 306 g/mol. The van der Waals surface area contributed by atoms with E-state index in [0.29, 0.717) is 17.7 Å². The third-order valence-electron chi connectivity index (χ3n) is 3.15. The van der Waals surface area contributed by atoms with Gasteiger partial charge in [-0.1, -0.05) is 25.1 Å². The Kier molecular flexibility index (Phi) is 5.06. The van der Waals surface area contributed by atoms with Crippen LogP contribution in [0, 0.1) is 0 Å². The molecule has 1 aromatic heterocycles. The quantitative estimate of drug-likeness (QED) is 0.850. The Bertz CT molecular complexity index is 700. The van der Waals surface area contributed by atoms with Crippen LogP contribution in [0.5, 0.6) is 0 Å². The molecule has 0 unspecified atom stereocenters. The number of hydrogen-bond donors (Lipinski definition) is 2. The molecule has 1 heterocycles. The largest absolute Gasteiger partial charge is 0.392 e.